The van der Waals surface area contributed by atoms with E-state index >= 15 is 0 Å². The summed E-state index contributed by atoms with van der Waals surface area (Å²) in [5.74, 6) is 0.113. The van der Waals surface area contributed by atoms with E-state index in [1.54, 1.807) is 29.9 Å². The SMILES string of the molecule is O=C(Cc1cccc(O)c1)NCc1cncs1. The lowest BCUT2D eigenvalue weighted by molar-refractivity contribution is -0.120. The summed E-state index contributed by atoms with van der Waals surface area (Å²) >= 11 is 1.51. The summed E-state index contributed by atoms with van der Waals surface area (Å²) in [5.41, 5.74) is 2.53. The van der Waals surface area contributed by atoms with Gasteiger partial charge in [0.1, 0.15) is 5.75 Å². The maximum absolute atomic E-state index is 11.6. The van der Waals surface area contributed by atoms with E-state index in [9.17, 15) is 9.90 Å². The molecule has 0 aliphatic rings. The number of amides is 1. The van der Waals surface area contributed by atoms with Gasteiger partial charge in [0.25, 0.3) is 0 Å². The highest BCUT2D eigenvalue weighted by atomic mass is 32.1. The highest BCUT2D eigenvalue weighted by Gasteiger charge is 2.04. The Labute approximate surface area is 103 Å². The fourth-order valence-electron chi connectivity index (χ4n) is 1.43. The molecule has 1 heterocycles. The van der Waals surface area contributed by atoms with Gasteiger partial charge >= 0.3 is 0 Å². The number of hydrogen-bond donors (Lipinski definition) is 2. The van der Waals surface area contributed by atoms with E-state index in [4.69, 9.17) is 0 Å². The Hall–Kier alpha value is -1.88. The van der Waals surface area contributed by atoms with Crippen LogP contribution in [0.25, 0.3) is 0 Å². The molecule has 0 aliphatic carbocycles. The van der Waals surface area contributed by atoms with E-state index in [1.165, 1.54) is 11.3 Å². The molecule has 0 saturated heterocycles. The zero-order valence-electron chi connectivity index (χ0n) is 9.09. The van der Waals surface area contributed by atoms with Crippen LogP contribution >= 0.6 is 11.3 Å². The summed E-state index contributed by atoms with van der Waals surface area (Å²) in [6, 6.07) is 6.71. The molecule has 2 N–H and O–H groups in total. The molecule has 0 unspecified atom stereocenters. The van der Waals surface area contributed by atoms with Crippen LogP contribution in [0.15, 0.2) is 36.0 Å². The number of nitrogens with zero attached hydrogens (tertiary/aromatic N) is 1. The number of aromatic nitrogens is 1. The molecular weight excluding hydrogens is 236 g/mol. The molecule has 0 saturated carbocycles. The first kappa shape index (κ1) is 11.6. The van der Waals surface area contributed by atoms with Crippen LogP contribution in [0.4, 0.5) is 0 Å². The lowest BCUT2D eigenvalue weighted by Crippen LogP contribution is -2.24. The molecule has 2 aromatic rings. The van der Waals surface area contributed by atoms with Gasteiger partial charge in [-0.2, -0.15) is 0 Å². The van der Waals surface area contributed by atoms with Gasteiger partial charge in [-0.05, 0) is 17.7 Å². The van der Waals surface area contributed by atoms with Gasteiger partial charge in [0.05, 0.1) is 18.5 Å². The number of aromatic hydroxyl groups is 1. The van der Waals surface area contributed by atoms with Crippen LogP contribution in [0.2, 0.25) is 0 Å². The van der Waals surface area contributed by atoms with E-state index in [2.05, 4.69) is 10.3 Å². The second kappa shape index (κ2) is 5.45. The third kappa shape index (κ3) is 3.57. The second-order valence-corrected chi connectivity index (χ2v) is 4.56. The quantitative estimate of drug-likeness (QED) is 0.865. The average Bonchev–Trinajstić information content (AvgIpc) is 2.79. The van der Waals surface area contributed by atoms with E-state index in [-0.39, 0.29) is 18.1 Å². The first-order valence-corrected chi connectivity index (χ1v) is 6.04. The minimum atomic E-state index is -0.0657. The Morgan fingerprint density at radius 1 is 1.47 bits per heavy atom. The summed E-state index contributed by atoms with van der Waals surface area (Å²) < 4.78 is 0. The molecule has 4 nitrogen and oxygen atoms in total. The molecule has 0 atom stereocenters. The molecule has 1 amide bonds. The molecule has 5 heteroatoms. The van der Waals surface area contributed by atoms with Crippen molar-refractivity contribution in [1.29, 1.82) is 0 Å². The van der Waals surface area contributed by atoms with Crippen molar-refractivity contribution < 1.29 is 9.90 Å². The lowest BCUT2D eigenvalue weighted by atomic mass is 10.1. The van der Waals surface area contributed by atoms with Crippen molar-refractivity contribution in [3.63, 3.8) is 0 Å². The van der Waals surface area contributed by atoms with Crippen molar-refractivity contribution in [3.8, 4) is 5.75 Å². The molecule has 88 valence electrons. The molecular formula is C12H12N2O2S. The Bertz CT molecular complexity index is 497. The van der Waals surface area contributed by atoms with Gasteiger partial charge in [0.2, 0.25) is 5.91 Å². The van der Waals surface area contributed by atoms with Crippen LogP contribution in [0.3, 0.4) is 0 Å². The number of nitrogens with one attached hydrogen (secondary N) is 1. The fourth-order valence-corrected chi connectivity index (χ4v) is 1.96. The van der Waals surface area contributed by atoms with Crippen LogP contribution in [-0.4, -0.2) is 16.0 Å². The third-order valence-corrected chi connectivity index (χ3v) is 3.00. The summed E-state index contributed by atoms with van der Waals surface area (Å²) in [4.78, 5) is 16.6. The van der Waals surface area contributed by atoms with Gasteiger partial charge in [-0.25, -0.2) is 0 Å². The van der Waals surface area contributed by atoms with Crippen LogP contribution in [0, 0.1) is 0 Å². The number of hydrogen-bond acceptors (Lipinski definition) is 4. The highest BCUT2D eigenvalue weighted by Crippen LogP contribution is 2.11. The van der Waals surface area contributed by atoms with Gasteiger partial charge in [-0.1, -0.05) is 12.1 Å². The standard InChI is InChI=1S/C12H12N2O2S/c15-10-3-1-2-9(4-10)5-12(16)14-7-11-6-13-8-17-11/h1-4,6,8,15H,5,7H2,(H,14,16). The monoisotopic (exact) mass is 248 g/mol. The summed E-state index contributed by atoms with van der Waals surface area (Å²) in [6.45, 7) is 0.502. The maximum Gasteiger partial charge on any atom is 0.224 e. The van der Waals surface area contributed by atoms with E-state index in [0.717, 1.165) is 10.4 Å². The normalized spacial score (nSPS) is 10.1. The first-order valence-electron chi connectivity index (χ1n) is 5.16. The minimum Gasteiger partial charge on any atom is -0.508 e. The number of rotatable bonds is 4. The smallest absolute Gasteiger partial charge is 0.224 e. The zero-order chi connectivity index (χ0) is 12.1. The van der Waals surface area contributed by atoms with Crippen LogP contribution < -0.4 is 5.32 Å². The van der Waals surface area contributed by atoms with Crippen molar-refractivity contribution in [2.24, 2.45) is 0 Å². The van der Waals surface area contributed by atoms with Crippen LogP contribution in [-0.2, 0) is 17.8 Å². The van der Waals surface area contributed by atoms with Gasteiger partial charge in [-0.15, -0.1) is 11.3 Å². The molecule has 1 aromatic heterocycles. The highest BCUT2D eigenvalue weighted by molar-refractivity contribution is 7.09. The predicted molar refractivity (Wildman–Crippen MR) is 65.8 cm³/mol. The van der Waals surface area contributed by atoms with Crippen molar-refractivity contribution in [2.75, 3.05) is 0 Å². The number of carbonyl (C=O) groups excluding carboxylic acids is 1. The average molecular weight is 248 g/mol. The number of carbonyl (C=O) groups is 1. The van der Waals surface area contributed by atoms with E-state index in [0.29, 0.717) is 6.54 Å². The fraction of sp³-hybridized carbons (Fsp3) is 0.167. The molecule has 17 heavy (non-hydrogen) atoms. The Kier molecular flexibility index (Phi) is 3.72. The van der Waals surface area contributed by atoms with Crippen LogP contribution in [0.5, 0.6) is 5.75 Å². The lowest BCUT2D eigenvalue weighted by Gasteiger charge is -2.03. The third-order valence-electron chi connectivity index (χ3n) is 2.22. The molecule has 0 fully saturated rings. The Morgan fingerprint density at radius 3 is 3.06 bits per heavy atom. The minimum absolute atomic E-state index is 0.0657. The van der Waals surface area contributed by atoms with E-state index in [1.807, 2.05) is 6.07 Å². The number of phenols is 1. The summed E-state index contributed by atoms with van der Waals surface area (Å²) in [7, 11) is 0. The van der Waals surface area contributed by atoms with Gasteiger partial charge < -0.3 is 10.4 Å². The maximum atomic E-state index is 11.6. The Morgan fingerprint density at radius 2 is 2.35 bits per heavy atom. The van der Waals surface area contributed by atoms with Gasteiger partial charge in [0, 0.05) is 11.1 Å². The van der Waals surface area contributed by atoms with E-state index < -0.39 is 0 Å². The summed E-state index contributed by atoms with van der Waals surface area (Å²) in [6.07, 6.45) is 2.01. The molecule has 0 spiro atoms. The summed E-state index contributed by atoms with van der Waals surface area (Å²) in [5, 5.41) is 12.1. The van der Waals surface area contributed by atoms with Crippen molar-refractivity contribution >= 4 is 17.2 Å². The molecule has 2 rings (SSSR count). The second-order valence-electron chi connectivity index (χ2n) is 3.59. The topological polar surface area (TPSA) is 62.2 Å². The van der Waals surface area contributed by atoms with Crippen molar-refractivity contribution in [3.05, 3.63) is 46.4 Å². The van der Waals surface area contributed by atoms with Crippen molar-refractivity contribution in [1.82, 2.24) is 10.3 Å². The number of benzene rings is 1. The molecule has 0 aliphatic heterocycles. The first-order chi connectivity index (χ1) is 8.24. The molecule has 1 aromatic carbocycles. The van der Waals surface area contributed by atoms with Crippen molar-refractivity contribution in [2.45, 2.75) is 13.0 Å². The Balaban J connectivity index is 1.85. The zero-order valence-corrected chi connectivity index (χ0v) is 9.91. The van der Waals surface area contributed by atoms with Crippen LogP contribution in [0.1, 0.15) is 10.4 Å². The van der Waals surface area contributed by atoms with Gasteiger partial charge in [-0.3, -0.25) is 9.78 Å². The largest absolute Gasteiger partial charge is 0.508 e. The predicted octanol–water partition coefficient (Wildman–Crippen LogP) is 1.71. The molecule has 0 radical (unpaired) electrons. The molecule has 0 bridgehead atoms. The van der Waals surface area contributed by atoms with Gasteiger partial charge in [0.15, 0.2) is 0 Å². The number of thiazole rings is 1. The number of phenolic OH excluding ortho intramolecular Hbond substituents is 1.